The molecular weight excluding hydrogens is 272 g/mol. The zero-order valence-electron chi connectivity index (χ0n) is 11.9. The predicted molar refractivity (Wildman–Crippen MR) is 74.2 cm³/mol. The van der Waals surface area contributed by atoms with Gasteiger partial charge in [0, 0.05) is 51.5 Å². The van der Waals surface area contributed by atoms with Crippen molar-refractivity contribution in [1.82, 2.24) is 15.1 Å². The van der Waals surface area contributed by atoms with Crippen LogP contribution in [0.5, 0.6) is 0 Å². The molecule has 0 bridgehead atoms. The summed E-state index contributed by atoms with van der Waals surface area (Å²) in [6.45, 7) is 1.63. The van der Waals surface area contributed by atoms with Gasteiger partial charge in [-0.25, -0.2) is 0 Å². The molecular formula is C14H18N4O3. The number of aromatic nitrogens is 3. The van der Waals surface area contributed by atoms with Crippen molar-refractivity contribution in [3.8, 4) is 11.5 Å². The highest BCUT2D eigenvalue weighted by atomic mass is 16.5. The van der Waals surface area contributed by atoms with E-state index in [4.69, 9.17) is 19.7 Å². The Morgan fingerprint density at radius 2 is 2.19 bits per heavy atom. The Balaban J connectivity index is 1.91. The summed E-state index contributed by atoms with van der Waals surface area (Å²) in [5.74, 6) is 1.01. The lowest BCUT2D eigenvalue weighted by molar-refractivity contribution is -0.101. The Bertz CT molecular complexity index is 608. The average Bonchev–Trinajstić information content (AvgIpc) is 3.06. The lowest BCUT2D eigenvalue weighted by atomic mass is 9.93. The van der Waals surface area contributed by atoms with Gasteiger partial charge in [-0.15, -0.1) is 0 Å². The first kappa shape index (κ1) is 14.1. The molecule has 0 aromatic carbocycles. The van der Waals surface area contributed by atoms with Gasteiger partial charge in [0.05, 0.1) is 5.69 Å². The van der Waals surface area contributed by atoms with Crippen LogP contribution in [0.4, 0.5) is 0 Å². The number of pyridine rings is 1. The molecule has 3 rings (SSSR count). The van der Waals surface area contributed by atoms with Crippen LogP contribution < -0.4 is 5.73 Å². The zero-order chi connectivity index (χ0) is 14.7. The molecule has 1 aliphatic heterocycles. The van der Waals surface area contributed by atoms with Crippen molar-refractivity contribution in [3.63, 3.8) is 0 Å². The number of nitrogens with two attached hydrogens (primary N) is 1. The van der Waals surface area contributed by atoms with Crippen LogP contribution in [0.25, 0.3) is 11.5 Å². The molecule has 2 aromatic rings. The molecule has 0 amide bonds. The van der Waals surface area contributed by atoms with Gasteiger partial charge in [0.15, 0.2) is 0 Å². The zero-order valence-corrected chi connectivity index (χ0v) is 11.9. The van der Waals surface area contributed by atoms with E-state index in [1.54, 1.807) is 13.3 Å². The number of ether oxygens (including phenoxy) is 2. The van der Waals surface area contributed by atoms with Crippen LogP contribution in [-0.2, 0) is 21.6 Å². The molecule has 2 N–H and O–H groups in total. The van der Waals surface area contributed by atoms with E-state index in [1.165, 1.54) is 0 Å². The monoisotopic (exact) mass is 290 g/mol. The number of hydrogen-bond acceptors (Lipinski definition) is 7. The Kier molecular flexibility index (Phi) is 3.96. The molecule has 0 radical (unpaired) electrons. The van der Waals surface area contributed by atoms with Gasteiger partial charge in [-0.1, -0.05) is 5.16 Å². The van der Waals surface area contributed by atoms with Gasteiger partial charge in [-0.3, -0.25) is 4.98 Å². The van der Waals surface area contributed by atoms with Crippen LogP contribution in [0.3, 0.4) is 0 Å². The molecule has 1 saturated heterocycles. The molecule has 0 aliphatic carbocycles. The fraction of sp³-hybridized carbons (Fsp3) is 0.500. The largest absolute Gasteiger partial charge is 0.381 e. The van der Waals surface area contributed by atoms with Crippen LogP contribution in [0.15, 0.2) is 22.9 Å². The fourth-order valence-electron chi connectivity index (χ4n) is 2.47. The first-order chi connectivity index (χ1) is 10.3. The molecule has 7 nitrogen and oxygen atoms in total. The predicted octanol–water partition coefficient (Wildman–Crippen LogP) is 1.24. The molecule has 0 atom stereocenters. The molecule has 7 heteroatoms. The first-order valence-corrected chi connectivity index (χ1v) is 6.90. The Morgan fingerprint density at radius 3 is 2.90 bits per heavy atom. The van der Waals surface area contributed by atoms with Crippen molar-refractivity contribution < 1.29 is 14.0 Å². The summed E-state index contributed by atoms with van der Waals surface area (Å²) in [6, 6.07) is 3.67. The van der Waals surface area contributed by atoms with Crippen molar-refractivity contribution in [2.75, 3.05) is 20.3 Å². The summed E-state index contributed by atoms with van der Waals surface area (Å²) < 4.78 is 16.4. The number of hydrogen-bond donors (Lipinski definition) is 1. The van der Waals surface area contributed by atoms with Gasteiger partial charge in [0.1, 0.15) is 5.60 Å². The molecule has 1 aliphatic rings. The third kappa shape index (κ3) is 2.67. The van der Waals surface area contributed by atoms with Gasteiger partial charge >= 0.3 is 0 Å². The van der Waals surface area contributed by atoms with E-state index in [0.29, 0.717) is 44.3 Å². The smallest absolute Gasteiger partial charge is 0.258 e. The third-order valence-corrected chi connectivity index (χ3v) is 3.80. The van der Waals surface area contributed by atoms with Crippen molar-refractivity contribution in [2.45, 2.75) is 25.0 Å². The highest BCUT2D eigenvalue weighted by molar-refractivity contribution is 5.52. The van der Waals surface area contributed by atoms with Gasteiger partial charge in [0.25, 0.3) is 5.89 Å². The molecule has 2 aromatic heterocycles. The Morgan fingerprint density at radius 1 is 1.38 bits per heavy atom. The van der Waals surface area contributed by atoms with Gasteiger partial charge < -0.3 is 19.7 Å². The maximum absolute atomic E-state index is 5.66. The van der Waals surface area contributed by atoms with Crippen LogP contribution in [0.2, 0.25) is 0 Å². The van der Waals surface area contributed by atoms with Gasteiger partial charge in [-0.05, 0) is 12.1 Å². The molecule has 112 valence electrons. The lowest BCUT2D eigenvalue weighted by Crippen LogP contribution is -2.36. The average molecular weight is 290 g/mol. The third-order valence-electron chi connectivity index (χ3n) is 3.80. The van der Waals surface area contributed by atoms with E-state index in [1.807, 2.05) is 12.1 Å². The second-order valence-corrected chi connectivity index (χ2v) is 4.97. The summed E-state index contributed by atoms with van der Waals surface area (Å²) in [4.78, 5) is 8.65. The SMILES string of the molecule is COC1(c2noc(-c3ccnc(CN)c3)n2)CCOCC1. The normalized spacial score (nSPS) is 17.8. The first-order valence-electron chi connectivity index (χ1n) is 6.90. The van der Waals surface area contributed by atoms with Crippen molar-refractivity contribution in [2.24, 2.45) is 5.73 Å². The highest BCUT2D eigenvalue weighted by Gasteiger charge is 2.39. The fourth-order valence-corrected chi connectivity index (χ4v) is 2.47. The second kappa shape index (κ2) is 5.88. The second-order valence-electron chi connectivity index (χ2n) is 4.97. The topological polar surface area (TPSA) is 96.3 Å². The maximum Gasteiger partial charge on any atom is 0.258 e. The van der Waals surface area contributed by atoms with Crippen LogP contribution >= 0.6 is 0 Å². The molecule has 0 saturated carbocycles. The molecule has 3 heterocycles. The summed E-state index contributed by atoms with van der Waals surface area (Å²) in [5.41, 5.74) is 6.66. The van der Waals surface area contributed by atoms with Crippen LogP contribution in [-0.4, -0.2) is 35.4 Å². The Hall–Kier alpha value is -1.83. The van der Waals surface area contributed by atoms with E-state index in [2.05, 4.69) is 15.1 Å². The minimum atomic E-state index is -0.524. The highest BCUT2D eigenvalue weighted by Crippen LogP contribution is 2.34. The molecule has 0 spiro atoms. The van der Waals surface area contributed by atoms with E-state index < -0.39 is 5.60 Å². The van der Waals surface area contributed by atoms with Crippen molar-refractivity contribution in [1.29, 1.82) is 0 Å². The molecule has 0 unspecified atom stereocenters. The summed E-state index contributed by atoms with van der Waals surface area (Å²) >= 11 is 0. The number of rotatable bonds is 4. The number of nitrogens with zero attached hydrogens (tertiary/aromatic N) is 3. The molecule has 21 heavy (non-hydrogen) atoms. The van der Waals surface area contributed by atoms with E-state index in [9.17, 15) is 0 Å². The quantitative estimate of drug-likeness (QED) is 0.904. The standard InChI is InChI=1S/C14H18N4O3/c1-19-14(3-6-20-7-4-14)13-17-12(21-18-13)10-2-5-16-11(8-10)9-15/h2,5,8H,3-4,6-7,9,15H2,1H3. The van der Waals surface area contributed by atoms with Crippen molar-refractivity contribution >= 4 is 0 Å². The summed E-state index contributed by atoms with van der Waals surface area (Å²) in [5, 5.41) is 4.10. The van der Waals surface area contributed by atoms with E-state index >= 15 is 0 Å². The van der Waals surface area contributed by atoms with Gasteiger partial charge in [-0.2, -0.15) is 4.98 Å². The van der Waals surface area contributed by atoms with E-state index in [-0.39, 0.29) is 0 Å². The minimum absolute atomic E-state index is 0.369. The van der Waals surface area contributed by atoms with Crippen LogP contribution in [0.1, 0.15) is 24.4 Å². The lowest BCUT2D eigenvalue weighted by Gasteiger charge is -2.32. The van der Waals surface area contributed by atoms with Crippen LogP contribution in [0, 0.1) is 0 Å². The number of methoxy groups -OCH3 is 1. The minimum Gasteiger partial charge on any atom is -0.381 e. The van der Waals surface area contributed by atoms with Crippen molar-refractivity contribution in [3.05, 3.63) is 29.8 Å². The van der Waals surface area contributed by atoms with Gasteiger partial charge in [0.2, 0.25) is 5.82 Å². The summed E-state index contributed by atoms with van der Waals surface area (Å²) in [6.07, 6.45) is 3.11. The van der Waals surface area contributed by atoms with E-state index in [0.717, 1.165) is 11.3 Å². The maximum atomic E-state index is 5.66. The Labute approximate surface area is 122 Å². The molecule has 1 fully saturated rings. The summed E-state index contributed by atoms with van der Waals surface area (Å²) in [7, 11) is 1.67.